The normalized spacial score (nSPS) is 15.4. The van der Waals surface area contributed by atoms with Gasteiger partial charge in [0.2, 0.25) is 10.0 Å². The van der Waals surface area contributed by atoms with Crippen molar-refractivity contribution < 1.29 is 17.6 Å². The number of carbonyl (C=O) groups excluding carboxylic acids is 1. The molecule has 2 aromatic rings. The van der Waals surface area contributed by atoms with Gasteiger partial charge in [-0.15, -0.1) is 0 Å². The second-order valence-corrected chi connectivity index (χ2v) is 8.61. The Labute approximate surface area is 159 Å². The topological polar surface area (TPSA) is 75.3 Å². The monoisotopic (exact) mass is 390 g/mol. The molecule has 3 rings (SSSR count). The Kier molecular flexibility index (Phi) is 6.23. The molecule has 1 aliphatic carbocycles. The zero-order valence-electron chi connectivity index (χ0n) is 14.9. The molecule has 1 saturated carbocycles. The summed E-state index contributed by atoms with van der Waals surface area (Å²) in [7, 11) is -3.60. The molecule has 1 aliphatic rings. The largest absolute Gasteiger partial charge is 0.322 e. The van der Waals surface area contributed by atoms with Gasteiger partial charge < -0.3 is 5.32 Å². The van der Waals surface area contributed by atoms with E-state index < -0.39 is 21.7 Å². The number of nitrogens with one attached hydrogen (secondary N) is 2. The molecule has 0 spiro atoms. The number of rotatable bonds is 6. The van der Waals surface area contributed by atoms with Crippen LogP contribution in [0.5, 0.6) is 0 Å². The van der Waals surface area contributed by atoms with Crippen LogP contribution in [0.1, 0.15) is 42.5 Å². The van der Waals surface area contributed by atoms with Crippen molar-refractivity contribution in [1.82, 2.24) is 4.72 Å². The highest BCUT2D eigenvalue weighted by Gasteiger charge is 2.19. The first-order valence-corrected chi connectivity index (χ1v) is 10.6. The fraction of sp³-hybridized carbons (Fsp3) is 0.350. The number of carbonyl (C=O) groups is 1. The number of sulfonamides is 1. The number of anilines is 1. The molecule has 1 fully saturated rings. The molecule has 0 aromatic heterocycles. The smallest absolute Gasteiger partial charge is 0.255 e. The molecule has 0 aliphatic heterocycles. The van der Waals surface area contributed by atoms with Crippen LogP contribution in [-0.4, -0.2) is 20.9 Å². The third-order valence-corrected chi connectivity index (χ3v) is 6.24. The fourth-order valence-corrected chi connectivity index (χ4v) is 4.37. The van der Waals surface area contributed by atoms with Gasteiger partial charge in [0, 0.05) is 17.8 Å². The highest BCUT2D eigenvalue weighted by molar-refractivity contribution is 7.89. The molecule has 5 nitrogen and oxygen atoms in total. The Bertz CT molecular complexity index is 892. The van der Waals surface area contributed by atoms with Gasteiger partial charge in [0.1, 0.15) is 5.82 Å². The summed E-state index contributed by atoms with van der Waals surface area (Å²) in [6, 6.07) is 11.3. The van der Waals surface area contributed by atoms with E-state index in [1.54, 1.807) is 6.07 Å². The predicted molar refractivity (Wildman–Crippen MR) is 103 cm³/mol. The number of hydrogen-bond donors (Lipinski definition) is 2. The fourth-order valence-electron chi connectivity index (χ4n) is 3.26. The molecule has 1 amide bonds. The molecule has 0 atom stereocenters. The van der Waals surface area contributed by atoms with E-state index in [1.807, 2.05) is 0 Å². The van der Waals surface area contributed by atoms with Crippen LogP contribution in [0.25, 0.3) is 0 Å². The second kappa shape index (κ2) is 8.63. The van der Waals surface area contributed by atoms with Crippen molar-refractivity contribution in [2.45, 2.75) is 37.0 Å². The van der Waals surface area contributed by atoms with E-state index in [9.17, 15) is 17.6 Å². The third kappa shape index (κ3) is 5.37. The summed E-state index contributed by atoms with van der Waals surface area (Å²) in [4.78, 5) is 12.3. The molecule has 0 bridgehead atoms. The van der Waals surface area contributed by atoms with Crippen LogP contribution in [0.15, 0.2) is 53.4 Å². The summed E-state index contributed by atoms with van der Waals surface area (Å²) in [6.07, 6.45) is 5.65. The molecule has 7 heteroatoms. The van der Waals surface area contributed by atoms with Crippen LogP contribution in [0, 0.1) is 11.7 Å². The Balaban J connectivity index is 1.62. The van der Waals surface area contributed by atoms with Crippen LogP contribution < -0.4 is 10.0 Å². The van der Waals surface area contributed by atoms with Gasteiger partial charge in [-0.25, -0.2) is 17.5 Å². The first-order chi connectivity index (χ1) is 12.9. The Hall–Kier alpha value is -2.25. The summed E-state index contributed by atoms with van der Waals surface area (Å²) in [6.45, 7) is 0.449. The van der Waals surface area contributed by atoms with Crippen molar-refractivity contribution in [3.8, 4) is 0 Å². The average Bonchev–Trinajstić information content (AvgIpc) is 2.67. The van der Waals surface area contributed by atoms with Crippen LogP contribution >= 0.6 is 0 Å². The minimum atomic E-state index is -3.60. The summed E-state index contributed by atoms with van der Waals surface area (Å²) in [5.41, 5.74) is 0.635. The molecule has 0 unspecified atom stereocenters. The Morgan fingerprint density at radius 2 is 1.74 bits per heavy atom. The van der Waals surface area contributed by atoms with E-state index >= 15 is 0 Å². The lowest BCUT2D eigenvalue weighted by Gasteiger charge is -2.21. The summed E-state index contributed by atoms with van der Waals surface area (Å²) in [5, 5.41) is 2.58. The van der Waals surface area contributed by atoms with Crippen molar-refractivity contribution in [1.29, 1.82) is 0 Å². The average molecular weight is 390 g/mol. The molecular weight excluding hydrogens is 367 g/mol. The van der Waals surface area contributed by atoms with Crippen molar-refractivity contribution in [2.24, 2.45) is 5.92 Å². The zero-order valence-corrected chi connectivity index (χ0v) is 15.8. The second-order valence-electron chi connectivity index (χ2n) is 6.84. The van der Waals surface area contributed by atoms with Gasteiger partial charge in [-0.3, -0.25) is 4.79 Å². The van der Waals surface area contributed by atoms with Gasteiger partial charge in [-0.1, -0.05) is 25.3 Å². The van der Waals surface area contributed by atoms with Crippen molar-refractivity contribution in [2.75, 3.05) is 11.9 Å². The summed E-state index contributed by atoms with van der Waals surface area (Å²) in [5.74, 6) is -0.483. The SMILES string of the molecule is O=C(Nc1cccc(F)c1)c1ccc(S(=O)(=O)NCC2CCCCC2)cc1. The predicted octanol–water partition coefficient (Wildman–Crippen LogP) is 3.94. The van der Waals surface area contributed by atoms with Gasteiger partial charge in [0.25, 0.3) is 5.91 Å². The number of benzene rings is 2. The first kappa shape index (κ1) is 19.5. The zero-order chi connectivity index (χ0) is 19.3. The quantitative estimate of drug-likeness (QED) is 0.785. The number of halogens is 1. The lowest BCUT2D eigenvalue weighted by Crippen LogP contribution is -2.30. The van der Waals surface area contributed by atoms with E-state index in [4.69, 9.17) is 0 Å². The van der Waals surface area contributed by atoms with Gasteiger partial charge >= 0.3 is 0 Å². The Morgan fingerprint density at radius 3 is 2.41 bits per heavy atom. The van der Waals surface area contributed by atoms with Crippen LogP contribution in [0.4, 0.5) is 10.1 Å². The van der Waals surface area contributed by atoms with Crippen LogP contribution in [0.2, 0.25) is 0 Å². The summed E-state index contributed by atoms with van der Waals surface area (Å²) < 4.78 is 40.7. The Morgan fingerprint density at radius 1 is 1.04 bits per heavy atom. The highest BCUT2D eigenvalue weighted by atomic mass is 32.2. The minimum absolute atomic E-state index is 0.126. The molecule has 0 heterocycles. The van der Waals surface area contributed by atoms with Crippen LogP contribution in [0.3, 0.4) is 0 Å². The lowest BCUT2D eigenvalue weighted by molar-refractivity contribution is 0.102. The van der Waals surface area contributed by atoms with Crippen molar-refractivity contribution in [3.05, 3.63) is 59.9 Å². The standard InChI is InChI=1S/C20H23FN2O3S/c21-17-7-4-8-18(13-17)23-20(24)16-9-11-19(12-10-16)27(25,26)22-14-15-5-2-1-3-6-15/h4,7-13,15,22H,1-3,5-6,14H2,(H,23,24). The van der Waals surface area contributed by atoms with Gasteiger partial charge in [-0.2, -0.15) is 0 Å². The van der Waals surface area contributed by atoms with E-state index in [1.165, 1.54) is 48.9 Å². The lowest BCUT2D eigenvalue weighted by atomic mass is 9.90. The third-order valence-electron chi connectivity index (χ3n) is 4.80. The molecule has 2 N–H and O–H groups in total. The molecule has 2 aromatic carbocycles. The van der Waals surface area contributed by atoms with E-state index in [-0.39, 0.29) is 4.90 Å². The highest BCUT2D eigenvalue weighted by Crippen LogP contribution is 2.23. The van der Waals surface area contributed by atoms with Crippen molar-refractivity contribution in [3.63, 3.8) is 0 Å². The van der Waals surface area contributed by atoms with Gasteiger partial charge in [0.05, 0.1) is 4.90 Å². The molecule has 0 saturated heterocycles. The molecular formula is C20H23FN2O3S. The van der Waals surface area contributed by atoms with Gasteiger partial charge in [0.15, 0.2) is 0 Å². The van der Waals surface area contributed by atoms with E-state index in [0.717, 1.165) is 25.7 Å². The maximum Gasteiger partial charge on any atom is 0.255 e. The first-order valence-electron chi connectivity index (χ1n) is 9.11. The number of hydrogen-bond acceptors (Lipinski definition) is 3. The number of amides is 1. The van der Waals surface area contributed by atoms with E-state index in [2.05, 4.69) is 10.0 Å². The van der Waals surface area contributed by atoms with Crippen molar-refractivity contribution >= 4 is 21.6 Å². The maximum absolute atomic E-state index is 13.2. The van der Waals surface area contributed by atoms with Gasteiger partial charge in [-0.05, 0) is 61.2 Å². The summed E-state index contributed by atoms with van der Waals surface area (Å²) >= 11 is 0. The molecule has 27 heavy (non-hydrogen) atoms. The van der Waals surface area contributed by atoms with Crippen LogP contribution in [-0.2, 0) is 10.0 Å². The van der Waals surface area contributed by atoms with E-state index in [0.29, 0.717) is 23.7 Å². The maximum atomic E-state index is 13.2. The molecule has 0 radical (unpaired) electrons. The minimum Gasteiger partial charge on any atom is -0.322 e. The molecule has 144 valence electrons.